The lowest BCUT2D eigenvalue weighted by molar-refractivity contribution is 0.101. The molecule has 5 nitrogen and oxygen atoms in total. The fourth-order valence-electron chi connectivity index (χ4n) is 1.36. The van der Waals surface area contributed by atoms with Crippen LogP contribution in [0.5, 0.6) is 5.75 Å². The van der Waals surface area contributed by atoms with Crippen molar-refractivity contribution in [2.75, 3.05) is 5.32 Å². The van der Waals surface area contributed by atoms with E-state index in [2.05, 4.69) is 10.3 Å². The summed E-state index contributed by atoms with van der Waals surface area (Å²) in [6.07, 6.45) is 3.27. The summed E-state index contributed by atoms with van der Waals surface area (Å²) in [5.74, 6) is -0.194. The van der Waals surface area contributed by atoms with Gasteiger partial charge in [-0.3, -0.25) is 4.79 Å². The first kappa shape index (κ1) is 10.2. The molecule has 0 atom stereocenters. The SMILES string of the molecule is Cn1cccc1C(=O)Nc1ncccc1O. The van der Waals surface area contributed by atoms with Crippen molar-refractivity contribution < 1.29 is 9.90 Å². The van der Waals surface area contributed by atoms with Gasteiger partial charge in [0, 0.05) is 19.4 Å². The summed E-state index contributed by atoms with van der Waals surface area (Å²) in [5, 5.41) is 12.0. The Balaban J connectivity index is 2.21. The Morgan fingerprint density at radius 1 is 1.44 bits per heavy atom. The van der Waals surface area contributed by atoms with Crippen molar-refractivity contribution in [3.8, 4) is 5.75 Å². The summed E-state index contributed by atoms with van der Waals surface area (Å²) in [6.45, 7) is 0. The first-order valence-electron chi connectivity index (χ1n) is 4.75. The van der Waals surface area contributed by atoms with E-state index in [4.69, 9.17) is 0 Å². The summed E-state index contributed by atoms with van der Waals surface area (Å²) in [6, 6.07) is 6.52. The number of anilines is 1. The lowest BCUT2D eigenvalue weighted by Crippen LogP contribution is -2.16. The molecular weight excluding hydrogens is 206 g/mol. The number of carbonyl (C=O) groups excluding carboxylic acids is 1. The Morgan fingerprint density at radius 3 is 2.88 bits per heavy atom. The molecule has 0 saturated heterocycles. The topological polar surface area (TPSA) is 67.2 Å². The first-order chi connectivity index (χ1) is 7.68. The second-order valence-electron chi connectivity index (χ2n) is 3.33. The van der Waals surface area contributed by atoms with Crippen LogP contribution in [0, 0.1) is 0 Å². The molecule has 2 aromatic rings. The molecule has 0 aromatic carbocycles. The minimum absolute atomic E-state index is 0.0509. The number of pyridine rings is 1. The Hall–Kier alpha value is -2.30. The number of aromatic nitrogens is 2. The van der Waals surface area contributed by atoms with Gasteiger partial charge in [-0.25, -0.2) is 4.98 Å². The third-order valence-corrected chi connectivity index (χ3v) is 2.19. The maximum absolute atomic E-state index is 11.8. The molecule has 82 valence electrons. The van der Waals surface area contributed by atoms with Crippen molar-refractivity contribution in [1.29, 1.82) is 0 Å². The lowest BCUT2D eigenvalue weighted by Gasteiger charge is -2.06. The predicted octanol–water partition coefficient (Wildman–Crippen LogP) is 1.38. The van der Waals surface area contributed by atoms with Crippen molar-refractivity contribution in [3.05, 3.63) is 42.4 Å². The summed E-state index contributed by atoms with van der Waals surface area (Å²) in [7, 11) is 1.77. The van der Waals surface area contributed by atoms with E-state index in [9.17, 15) is 9.90 Å². The molecule has 2 rings (SSSR count). The molecule has 0 fully saturated rings. The molecule has 2 N–H and O–H groups in total. The second-order valence-corrected chi connectivity index (χ2v) is 3.33. The van der Waals surface area contributed by atoms with Crippen molar-refractivity contribution in [1.82, 2.24) is 9.55 Å². The Bertz CT molecular complexity index is 519. The molecule has 0 radical (unpaired) electrons. The number of aryl methyl sites for hydroxylation is 1. The number of aromatic hydroxyl groups is 1. The van der Waals surface area contributed by atoms with Crippen LogP contribution in [0.4, 0.5) is 5.82 Å². The summed E-state index contributed by atoms with van der Waals surface area (Å²) >= 11 is 0. The zero-order valence-corrected chi connectivity index (χ0v) is 8.71. The van der Waals surface area contributed by atoms with Crippen molar-refractivity contribution >= 4 is 11.7 Å². The van der Waals surface area contributed by atoms with E-state index in [1.54, 1.807) is 36.0 Å². The molecule has 5 heteroatoms. The third-order valence-electron chi connectivity index (χ3n) is 2.19. The Kier molecular flexibility index (Phi) is 2.59. The molecule has 2 aromatic heterocycles. The van der Waals surface area contributed by atoms with Crippen LogP contribution in [0.15, 0.2) is 36.7 Å². The predicted molar refractivity (Wildman–Crippen MR) is 59.3 cm³/mol. The van der Waals surface area contributed by atoms with Crippen LogP contribution in [0.3, 0.4) is 0 Å². The van der Waals surface area contributed by atoms with Crippen LogP contribution in [0.1, 0.15) is 10.5 Å². The van der Waals surface area contributed by atoms with Gasteiger partial charge in [0.15, 0.2) is 11.6 Å². The van der Waals surface area contributed by atoms with Gasteiger partial charge >= 0.3 is 0 Å². The number of hydrogen-bond donors (Lipinski definition) is 2. The van der Waals surface area contributed by atoms with E-state index in [1.165, 1.54) is 12.3 Å². The van der Waals surface area contributed by atoms with Crippen LogP contribution in [-0.2, 0) is 7.05 Å². The quantitative estimate of drug-likeness (QED) is 0.798. The van der Waals surface area contributed by atoms with Gasteiger partial charge < -0.3 is 15.0 Å². The van der Waals surface area contributed by atoms with Gasteiger partial charge in [-0.05, 0) is 24.3 Å². The molecular formula is C11H11N3O2. The van der Waals surface area contributed by atoms with Gasteiger partial charge in [0.05, 0.1) is 0 Å². The minimum atomic E-state index is -0.304. The molecule has 0 unspecified atom stereocenters. The largest absolute Gasteiger partial charge is 0.504 e. The molecule has 0 aliphatic heterocycles. The van der Waals surface area contributed by atoms with Gasteiger partial charge in [-0.1, -0.05) is 0 Å². The Morgan fingerprint density at radius 2 is 2.25 bits per heavy atom. The fourth-order valence-corrected chi connectivity index (χ4v) is 1.36. The normalized spacial score (nSPS) is 10.1. The molecule has 0 aliphatic rings. The zero-order chi connectivity index (χ0) is 11.5. The van der Waals surface area contributed by atoms with Gasteiger partial charge in [-0.15, -0.1) is 0 Å². The van der Waals surface area contributed by atoms with Crippen molar-refractivity contribution in [2.45, 2.75) is 0 Å². The average molecular weight is 217 g/mol. The molecule has 0 spiro atoms. The van der Waals surface area contributed by atoms with E-state index < -0.39 is 0 Å². The highest BCUT2D eigenvalue weighted by atomic mass is 16.3. The van der Waals surface area contributed by atoms with Crippen LogP contribution in [0.25, 0.3) is 0 Å². The number of hydrogen-bond acceptors (Lipinski definition) is 3. The maximum Gasteiger partial charge on any atom is 0.273 e. The highest BCUT2D eigenvalue weighted by molar-refractivity contribution is 6.03. The summed E-state index contributed by atoms with van der Waals surface area (Å²) in [5.41, 5.74) is 0.505. The van der Waals surface area contributed by atoms with E-state index >= 15 is 0 Å². The van der Waals surface area contributed by atoms with Crippen LogP contribution < -0.4 is 5.32 Å². The highest BCUT2D eigenvalue weighted by Crippen LogP contribution is 2.18. The van der Waals surface area contributed by atoms with Crippen LogP contribution in [-0.4, -0.2) is 20.6 Å². The number of rotatable bonds is 2. The molecule has 16 heavy (non-hydrogen) atoms. The number of nitrogens with one attached hydrogen (secondary N) is 1. The zero-order valence-electron chi connectivity index (χ0n) is 8.71. The molecule has 0 aliphatic carbocycles. The smallest absolute Gasteiger partial charge is 0.273 e. The van der Waals surface area contributed by atoms with E-state index in [0.29, 0.717) is 5.69 Å². The molecule has 0 bridgehead atoms. The lowest BCUT2D eigenvalue weighted by atomic mass is 10.3. The minimum Gasteiger partial charge on any atom is -0.504 e. The molecule has 0 saturated carbocycles. The molecule has 2 heterocycles. The van der Waals surface area contributed by atoms with Gasteiger partial charge in [0.25, 0.3) is 5.91 Å². The van der Waals surface area contributed by atoms with Crippen LogP contribution >= 0.6 is 0 Å². The fraction of sp³-hybridized carbons (Fsp3) is 0.0909. The van der Waals surface area contributed by atoms with Crippen LogP contribution in [0.2, 0.25) is 0 Å². The number of carbonyl (C=O) groups is 1. The van der Waals surface area contributed by atoms with Gasteiger partial charge in [-0.2, -0.15) is 0 Å². The standard InChI is InChI=1S/C11H11N3O2/c1-14-7-3-4-8(14)11(16)13-10-9(15)5-2-6-12-10/h2-7,15H,1H3,(H,12,13,16). The second kappa shape index (κ2) is 4.06. The Labute approximate surface area is 92.4 Å². The van der Waals surface area contributed by atoms with Gasteiger partial charge in [0.1, 0.15) is 5.69 Å². The van der Waals surface area contributed by atoms with E-state index in [1.807, 2.05) is 0 Å². The van der Waals surface area contributed by atoms with Gasteiger partial charge in [0.2, 0.25) is 0 Å². The number of amides is 1. The number of nitrogens with zero attached hydrogens (tertiary/aromatic N) is 2. The monoisotopic (exact) mass is 217 g/mol. The average Bonchev–Trinajstić information content (AvgIpc) is 2.68. The van der Waals surface area contributed by atoms with Crippen molar-refractivity contribution in [2.24, 2.45) is 7.05 Å². The van der Waals surface area contributed by atoms with E-state index in [0.717, 1.165) is 0 Å². The summed E-state index contributed by atoms with van der Waals surface area (Å²) < 4.78 is 1.69. The molecule has 1 amide bonds. The van der Waals surface area contributed by atoms with Crippen molar-refractivity contribution in [3.63, 3.8) is 0 Å². The van der Waals surface area contributed by atoms with E-state index in [-0.39, 0.29) is 17.5 Å². The highest BCUT2D eigenvalue weighted by Gasteiger charge is 2.11. The first-order valence-corrected chi connectivity index (χ1v) is 4.75. The third kappa shape index (κ3) is 1.88. The maximum atomic E-state index is 11.8. The summed E-state index contributed by atoms with van der Waals surface area (Å²) in [4.78, 5) is 15.6.